The van der Waals surface area contributed by atoms with E-state index in [1.165, 1.54) is 115 Å². The van der Waals surface area contributed by atoms with Gasteiger partial charge in [-0.25, -0.2) is 0 Å². The first kappa shape index (κ1) is 30.7. The Labute approximate surface area is 302 Å². The average Bonchev–Trinajstić information content (AvgIpc) is 3.54. The van der Waals surface area contributed by atoms with E-state index >= 15 is 0 Å². The molecule has 7 aromatic rings. The lowest BCUT2D eigenvalue weighted by atomic mass is 9.79. The molecule has 250 valence electrons. The number of fused-ring (bicyclic) bond motifs is 9. The van der Waals surface area contributed by atoms with Crippen LogP contribution in [0, 0.1) is 0 Å². The zero-order valence-electron chi connectivity index (χ0n) is 30.3. The lowest BCUT2D eigenvalue weighted by Crippen LogP contribution is -2.18. The SMILES string of the molecule is CC1(C)c2ccccc2-c2ccc(N(c3ccc4c(c3)C(C)(C)c3cc(C5CCCCC5)ccc3-4)c3cc4ccccc4c4ccccc34)cc21. The Kier molecular flexibility index (Phi) is 6.72. The molecule has 1 nitrogen and oxygen atoms in total. The summed E-state index contributed by atoms with van der Waals surface area (Å²) in [6, 6.07) is 51.1. The average molecular weight is 660 g/mol. The van der Waals surface area contributed by atoms with Crippen LogP contribution in [0.15, 0.2) is 133 Å². The second kappa shape index (κ2) is 11.2. The summed E-state index contributed by atoms with van der Waals surface area (Å²) in [5, 5.41) is 5.10. The van der Waals surface area contributed by atoms with E-state index in [-0.39, 0.29) is 10.8 Å². The van der Waals surface area contributed by atoms with Gasteiger partial charge in [0.1, 0.15) is 0 Å². The fourth-order valence-corrected chi connectivity index (χ4v) is 10.1. The Morgan fingerprint density at radius 2 is 0.980 bits per heavy atom. The van der Waals surface area contributed by atoms with Gasteiger partial charge in [-0.3, -0.25) is 0 Å². The zero-order valence-corrected chi connectivity index (χ0v) is 30.3. The molecule has 0 N–H and O–H groups in total. The fourth-order valence-electron chi connectivity index (χ4n) is 10.1. The van der Waals surface area contributed by atoms with Crippen molar-refractivity contribution in [2.45, 2.75) is 76.5 Å². The maximum atomic E-state index is 2.57. The fraction of sp³-hybridized carbons (Fsp3) is 0.240. The summed E-state index contributed by atoms with van der Waals surface area (Å²) in [5.74, 6) is 0.700. The molecule has 0 amide bonds. The van der Waals surface area contributed by atoms with Gasteiger partial charge in [-0.15, -0.1) is 0 Å². The van der Waals surface area contributed by atoms with Crippen LogP contribution in [0.25, 0.3) is 43.8 Å². The standard InChI is InChI=1S/C50H45N/c1-49(2)44-21-13-12-19-39(44)41-26-23-35(30-46(41)49)51(48-29-34-16-8-9-17-37(34)38-18-10-11-20-43(38)48)36-24-27-42-40-25-22-33(32-14-6-5-7-15-32)28-45(40)50(3,4)47(42)31-36/h8-13,16-32H,5-7,14-15H2,1-4H3. The molecule has 3 aliphatic carbocycles. The summed E-state index contributed by atoms with van der Waals surface area (Å²) in [4.78, 5) is 2.54. The molecule has 10 rings (SSSR count). The van der Waals surface area contributed by atoms with Crippen LogP contribution >= 0.6 is 0 Å². The van der Waals surface area contributed by atoms with Gasteiger partial charge in [0.15, 0.2) is 0 Å². The summed E-state index contributed by atoms with van der Waals surface area (Å²) in [7, 11) is 0. The molecule has 1 fully saturated rings. The molecule has 3 aliphatic rings. The van der Waals surface area contributed by atoms with Crippen LogP contribution in [-0.4, -0.2) is 0 Å². The van der Waals surface area contributed by atoms with Crippen LogP contribution in [0.2, 0.25) is 0 Å². The molecule has 51 heavy (non-hydrogen) atoms. The van der Waals surface area contributed by atoms with Crippen molar-refractivity contribution in [3.05, 3.63) is 161 Å². The first-order chi connectivity index (χ1) is 24.8. The minimum Gasteiger partial charge on any atom is -0.310 e. The predicted octanol–water partition coefficient (Wildman–Crippen LogP) is 14.1. The molecule has 7 aromatic carbocycles. The molecule has 0 spiro atoms. The van der Waals surface area contributed by atoms with Crippen molar-refractivity contribution in [2.24, 2.45) is 0 Å². The highest BCUT2D eigenvalue weighted by atomic mass is 15.1. The van der Waals surface area contributed by atoms with E-state index in [1.807, 2.05) is 0 Å². The van der Waals surface area contributed by atoms with E-state index in [0.717, 1.165) is 0 Å². The highest BCUT2D eigenvalue weighted by molar-refractivity contribution is 6.14. The van der Waals surface area contributed by atoms with Gasteiger partial charge >= 0.3 is 0 Å². The smallest absolute Gasteiger partial charge is 0.0546 e. The van der Waals surface area contributed by atoms with Gasteiger partial charge in [-0.1, -0.05) is 150 Å². The van der Waals surface area contributed by atoms with E-state index in [2.05, 4.69) is 166 Å². The minimum atomic E-state index is -0.0932. The topological polar surface area (TPSA) is 3.24 Å². The molecular formula is C50H45N. The second-order valence-corrected chi connectivity index (χ2v) is 16.4. The molecule has 0 unspecified atom stereocenters. The van der Waals surface area contributed by atoms with Gasteiger partial charge in [0.2, 0.25) is 0 Å². The quantitative estimate of drug-likeness (QED) is 0.170. The third kappa shape index (κ3) is 4.53. The van der Waals surface area contributed by atoms with Crippen LogP contribution < -0.4 is 4.90 Å². The van der Waals surface area contributed by atoms with E-state index in [4.69, 9.17) is 0 Å². The molecule has 0 atom stereocenters. The summed E-state index contributed by atoms with van der Waals surface area (Å²) in [5.41, 5.74) is 16.2. The summed E-state index contributed by atoms with van der Waals surface area (Å²) in [6.07, 6.45) is 6.76. The number of hydrogen-bond donors (Lipinski definition) is 0. The van der Waals surface area contributed by atoms with Gasteiger partial charge in [0.05, 0.1) is 5.69 Å². The summed E-state index contributed by atoms with van der Waals surface area (Å²) < 4.78 is 0. The highest BCUT2D eigenvalue weighted by Gasteiger charge is 2.38. The summed E-state index contributed by atoms with van der Waals surface area (Å²) in [6.45, 7) is 9.65. The van der Waals surface area contributed by atoms with Crippen molar-refractivity contribution in [1.82, 2.24) is 0 Å². The Morgan fingerprint density at radius 1 is 0.451 bits per heavy atom. The van der Waals surface area contributed by atoms with Crippen molar-refractivity contribution >= 4 is 38.6 Å². The zero-order chi connectivity index (χ0) is 34.5. The first-order valence-electron chi connectivity index (χ1n) is 19.0. The van der Waals surface area contributed by atoms with E-state index in [1.54, 1.807) is 5.56 Å². The van der Waals surface area contributed by atoms with Crippen molar-refractivity contribution in [1.29, 1.82) is 0 Å². The lowest BCUT2D eigenvalue weighted by Gasteiger charge is -2.31. The number of benzene rings is 7. The molecule has 0 saturated heterocycles. The predicted molar refractivity (Wildman–Crippen MR) is 217 cm³/mol. The molecule has 0 bridgehead atoms. The minimum absolute atomic E-state index is 0.0866. The maximum Gasteiger partial charge on any atom is 0.0546 e. The largest absolute Gasteiger partial charge is 0.310 e. The monoisotopic (exact) mass is 659 g/mol. The van der Waals surface area contributed by atoms with Gasteiger partial charge in [-0.05, 0) is 115 Å². The Hall–Kier alpha value is -5.14. The number of rotatable bonds is 4. The normalized spacial score (nSPS) is 16.9. The third-order valence-corrected chi connectivity index (χ3v) is 12.8. The van der Waals surface area contributed by atoms with Crippen LogP contribution in [0.4, 0.5) is 17.1 Å². The van der Waals surface area contributed by atoms with Crippen molar-refractivity contribution in [3.8, 4) is 22.3 Å². The number of anilines is 3. The van der Waals surface area contributed by atoms with Crippen LogP contribution in [0.1, 0.15) is 93.5 Å². The Bertz CT molecular complexity index is 2520. The molecular weight excluding hydrogens is 615 g/mol. The maximum absolute atomic E-state index is 2.57. The second-order valence-electron chi connectivity index (χ2n) is 16.4. The lowest BCUT2D eigenvalue weighted by molar-refractivity contribution is 0.443. The van der Waals surface area contributed by atoms with Crippen molar-refractivity contribution < 1.29 is 0 Å². The molecule has 0 heterocycles. The molecule has 1 heteroatoms. The van der Waals surface area contributed by atoms with Gasteiger partial charge < -0.3 is 4.90 Å². The van der Waals surface area contributed by atoms with Crippen LogP contribution in [-0.2, 0) is 10.8 Å². The van der Waals surface area contributed by atoms with Crippen molar-refractivity contribution in [2.75, 3.05) is 4.90 Å². The van der Waals surface area contributed by atoms with E-state index < -0.39 is 0 Å². The molecule has 0 aromatic heterocycles. The Morgan fingerprint density at radius 3 is 1.69 bits per heavy atom. The van der Waals surface area contributed by atoms with E-state index in [9.17, 15) is 0 Å². The molecule has 0 radical (unpaired) electrons. The summed E-state index contributed by atoms with van der Waals surface area (Å²) >= 11 is 0. The Balaban J connectivity index is 1.18. The van der Waals surface area contributed by atoms with Crippen molar-refractivity contribution in [3.63, 3.8) is 0 Å². The highest BCUT2D eigenvalue weighted by Crippen LogP contribution is 2.54. The van der Waals surface area contributed by atoms with Crippen LogP contribution in [0.5, 0.6) is 0 Å². The number of nitrogens with zero attached hydrogens (tertiary/aromatic N) is 1. The van der Waals surface area contributed by atoms with Gasteiger partial charge in [-0.2, -0.15) is 0 Å². The van der Waals surface area contributed by atoms with Gasteiger partial charge in [0.25, 0.3) is 0 Å². The van der Waals surface area contributed by atoms with Gasteiger partial charge in [0, 0.05) is 27.6 Å². The third-order valence-electron chi connectivity index (χ3n) is 12.8. The van der Waals surface area contributed by atoms with Crippen LogP contribution in [0.3, 0.4) is 0 Å². The molecule has 0 aliphatic heterocycles. The number of hydrogen-bond acceptors (Lipinski definition) is 1. The first-order valence-corrected chi connectivity index (χ1v) is 19.0. The molecule has 1 saturated carbocycles. The van der Waals surface area contributed by atoms with E-state index in [0.29, 0.717) is 5.92 Å².